The first-order valence-corrected chi connectivity index (χ1v) is 9.82. The van der Waals surface area contributed by atoms with Gasteiger partial charge in [0.1, 0.15) is 12.4 Å². The molecule has 1 atom stereocenters. The predicted molar refractivity (Wildman–Crippen MR) is 111 cm³/mol. The number of carbonyl (C=O) groups is 2. The molecular weight excluding hydrogens is 368 g/mol. The summed E-state index contributed by atoms with van der Waals surface area (Å²) in [6.45, 7) is 3.09. The highest BCUT2D eigenvalue weighted by atomic mass is 16.4. The third-order valence-corrected chi connectivity index (χ3v) is 5.42. The third-order valence-electron chi connectivity index (χ3n) is 5.42. The number of aliphatic carboxylic acids is 1. The van der Waals surface area contributed by atoms with Gasteiger partial charge in [-0.15, -0.1) is 0 Å². The van der Waals surface area contributed by atoms with Crippen LogP contribution in [0.2, 0.25) is 0 Å². The number of aromatic nitrogens is 2. The van der Waals surface area contributed by atoms with Crippen molar-refractivity contribution in [3.8, 4) is 0 Å². The number of anilines is 1. The molecule has 150 valence electrons. The van der Waals surface area contributed by atoms with E-state index in [1.165, 1.54) is 0 Å². The Kier molecular flexibility index (Phi) is 5.20. The van der Waals surface area contributed by atoms with Gasteiger partial charge in [0.05, 0.1) is 16.6 Å². The van der Waals surface area contributed by atoms with E-state index < -0.39 is 5.97 Å². The predicted octanol–water partition coefficient (Wildman–Crippen LogP) is 3.39. The van der Waals surface area contributed by atoms with E-state index >= 15 is 0 Å². The van der Waals surface area contributed by atoms with E-state index in [2.05, 4.69) is 10.3 Å². The highest BCUT2D eigenvalue weighted by Crippen LogP contribution is 2.29. The van der Waals surface area contributed by atoms with E-state index in [9.17, 15) is 9.59 Å². The monoisotopic (exact) mass is 392 g/mol. The van der Waals surface area contributed by atoms with Crippen LogP contribution in [0.4, 0.5) is 5.69 Å². The molecule has 3 N–H and O–H groups in total. The summed E-state index contributed by atoms with van der Waals surface area (Å²) in [6.07, 6.45) is 1.87. The summed E-state index contributed by atoms with van der Waals surface area (Å²) in [4.78, 5) is 34.1. The van der Waals surface area contributed by atoms with Crippen LogP contribution < -0.4 is 5.32 Å². The number of carboxylic acid groups (broad SMARTS) is 1. The minimum atomic E-state index is -0.967. The first kappa shape index (κ1) is 19.0. The summed E-state index contributed by atoms with van der Waals surface area (Å²) in [6, 6.07) is 13.1. The second-order valence-corrected chi connectivity index (χ2v) is 7.48. The molecule has 0 aliphatic carbocycles. The van der Waals surface area contributed by atoms with Crippen LogP contribution in [0.25, 0.3) is 11.0 Å². The number of carbonyl (C=O) groups excluding carboxylic acids is 1. The highest BCUT2D eigenvalue weighted by molar-refractivity contribution is 6.00. The zero-order valence-electron chi connectivity index (χ0n) is 16.3. The van der Waals surface area contributed by atoms with Gasteiger partial charge >= 0.3 is 5.97 Å². The molecular formula is C22H24N4O3. The van der Waals surface area contributed by atoms with E-state index in [1.807, 2.05) is 30.0 Å². The maximum atomic E-state index is 13.2. The minimum absolute atomic E-state index is 0.0875. The molecule has 0 saturated carbocycles. The van der Waals surface area contributed by atoms with Gasteiger partial charge in [-0.2, -0.15) is 0 Å². The number of aromatic amines is 1. The van der Waals surface area contributed by atoms with Crippen molar-refractivity contribution in [3.63, 3.8) is 0 Å². The highest BCUT2D eigenvalue weighted by Gasteiger charge is 2.28. The topological polar surface area (TPSA) is 98.3 Å². The number of para-hydroxylation sites is 2. The lowest BCUT2D eigenvalue weighted by Crippen LogP contribution is -2.39. The lowest BCUT2D eigenvalue weighted by atomic mass is 9.96. The van der Waals surface area contributed by atoms with Crippen LogP contribution in [0, 0.1) is 6.92 Å². The Morgan fingerprint density at radius 1 is 1.24 bits per heavy atom. The summed E-state index contributed by atoms with van der Waals surface area (Å²) in [5, 5.41) is 11.8. The Hall–Kier alpha value is -3.35. The fourth-order valence-electron chi connectivity index (χ4n) is 3.94. The molecule has 1 fully saturated rings. The quantitative estimate of drug-likeness (QED) is 0.618. The molecule has 4 rings (SSSR count). The molecule has 0 bridgehead atoms. The van der Waals surface area contributed by atoms with Crippen LogP contribution in [0.3, 0.4) is 0 Å². The lowest BCUT2D eigenvalue weighted by Gasteiger charge is -2.32. The van der Waals surface area contributed by atoms with E-state index in [1.54, 1.807) is 24.3 Å². The first-order chi connectivity index (χ1) is 14.0. The summed E-state index contributed by atoms with van der Waals surface area (Å²) in [5.41, 5.74) is 4.17. The number of nitrogens with one attached hydrogen (secondary N) is 2. The second kappa shape index (κ2) is 7.95. The number of nitrogens with zero attached hydrogens (tertiary/aromatic N) is 2. The van der Waals surface area contributed by atoms with E-state index in [0.29, 0.717) is 24.3 Å². The summed E-state index contributed by atoms with van der Waals surface area (Å²) >= 11 is 0. The van der Waals surface area contributed by atoms with Crippen molar-refractivity contribution >= 4 is 28.6 Å². The van der Waals surface area contributed by atoms with E-state index in [-0.39, 0.29) is 18.4 Å². The number of carboxylic acids is 1. The molecule has 0 unspecified atom stereocenters. The van der Waals surface area contributed by atoms with Gasteiger partial charge < -0.3 is 20.3 Å². The van der Waals surface area contributed by atoms with Gasteiger partial charge in [0.2, 0.25) is 0 Å². The van der Waals surface area contributed by atoms with Crippen molar-refractivity contribution in [2.75, 3.05) is 25.0 Å². The van der Waals surface area contributed by atoms with Crippen LogP contribution in [-0.4, -0.2) is 51.5 Å². The maximum absolute atomic E-state index is 13.2. The SMILES string of the molecule is Cc1cccc2[nH]c([C@H]3CCCN(C(=O)c4ccccc4NCC(=O)O)C3)nc12. The largest absolute Gasteiger partial charge is 0.480 e. The molecule has 1 amide bonds. The van der Waals surface area contributed by atoms with Crippen molar-refractivity contribution in [2.24, 2.45) is 0 Å². The van der Waals surface area contributed by atoms with Gasteiger partial charge in [0, 0.05) is 24.7 Å². The molecule has 1 aromatic heterocycles. The van der Waals surface area contributed by atoms with Crippen LogP contribution >= 0.6 is 0 Å². The zero-order valence-corrected chi connectivity index (χ0v) is 16.3. The van der Waals surface area contributed by atoms with Crippen LogP contribution in [0.15, 0.2) is 42.5 Å². The number of hydrogen-bond donors (Lipinski definition) is 3. The van der Waals surface area contributed by atoms with E-state index in [4.69, 9.17) is 10.1 Å². The van der Waals surface area contributed by atoms with Crippen LogP contribution in [-0.2, 0) is 4.79 Å². The third kappa shape index (κ3) is 3.94. The zero-order chi connectivity index (χ0) is 20.4. The molecule has 29 heavy (non-hydrogen) atoms. The summed E-state index contributed by atoms with van der Waals surface area (Å²) in [5.74, 6) is 0.0173. The Bertz CT molecular complexity index is 1060. The Morgan fingerprint density at radius 2 is 2.07 bits per heavy atom. The standard InChI is InChI=1S/C22H24N4O3/c1-14-6-4-10-18-20(14)25-21(24-18)15-7-5-11-26(13-15)22(29)16-8-2-3-9-17(16)23-12-19(27)28/h2-4,6,8-10,15,23H,5,7,11-13H2,1H3,(H,24,25)(H,27,28)/t15-/m0/s1. The number of H-pyrrole nitrogens is 1. The van der Waals surface area contributed by atoms with Gasteiger partial charge in [0.25, 0.3) is 5.91 Å². The number of likely N-dealkylation sites (tertiary alicyclic amines) is 1. The van der Waals surface area contributed by atoms with Crippen molar-refractivity contribution < 1.29 is 14.7 Å². The number of fused-ring (bicyclic) bond motifs is 1. The van der Waals surface area contributed by atoms with Crippen molar-refractivity contribution in [2.45, 2.75) is 25.7 Å². The Balaban J connectivity index is 1.54. The summed E-state index contributed by atoms with van der Waals surface area (Å²) in [7, 11) is 0. The van der Waals surface area contributed by atoms with Gasteiger partial charge in [-0.3, -0.25) is 9.59 Å². The van der Waals surface area contributed by atoms with Crippen molar-refractivity contribution in [1.29, 1.82) is 0 Å². The lowest BCUT2D eigenvalue weighted by molar-refractivity contribution is -0.134. The molecule has 2 aromatic carbocycles. The molecule has 3 aromatic rings. The summed E-state index contributed by atoms with van der Waals surface area (Å²) < 4.78 is 0. The Labute approximate surface area is 168 Å². The number of aryl methyl sites for hydroxylation is 1. The number of hydrogen-bond acceptors (Lipinski definition) is 4. The normalized spacial score (nSPS) is 16.7. The van der Waals surface area contributed by atoms with Crippen molar-refractivity contribution in [3.05, 3.63) is 59.4 Å². The van der Waals surface area contributed by atoms with Crippen LogP contribution in [0.1, 0.15) is 40.5 Å². The molecule has 0 spiro atoms. The molecule has 1 saturated heterocycles. The average molecular weight is 392 g/mol. The number of piperidine rings is 1. The van der Waals surface area contributed by atoms with Crippen LogP contribution in [0.5, 0.6) is 0 Å². The number of benzene rings is 2. The molecule has 7 nitrogen and oxygen atoms in total. The van der Waals surface area contributed by atoms with Crippen molar-refractivity contribution in [1.82, 2.24) is 14.9 Å². The van der Waals surface area contributed by atoms with Gasteiger partial charge in [0.15, 0.2) is 0 Å². The first-order valence-electron chi connectivity index (χ1n) is 9.82. The number of amides is 1. The van der Waals surface area contributed by atoms with E-state index in [0.717, 1.165) is 35.3 Å². The second-order valence-electron chi connectivity index (χ2n) is 7.48. The van der Waals surface area contributed by atoms with Gasteiger partial charge in [-0.05, 0) is 43.5 Å². The smallest absolute Gasteiger partial charge is 0.322 e. The number of imidazole rings is 1. The average Bonchev–Trinajstić information content (AvgIpc) is 3.18. The molecule has 7 heteroatoms. The fourth-order valence-corrected chi connectivity index (χ4v) is 3.94. The Morgan fingerprint density at radius 3 is 2.86 bits per heavy atom. The molecule has 1 aliphatic heterocycles. The molecule has 1 aliphatic rings. The molecule has 0 radical (unpaired) electrons. The van der Waals surface area contributed by atoms with Gasteiger partial charge in [-0.1, -0.05) is 24.3 Å². The minimum Gasteiger partial charge on any atom is -0.480 e. The number of rotatable bonds is 5. The van der Waals surface area contributed by atoms with Gasteiger partial charge in [-0.25, -0.2) is 4.98 Å². The maximum Gasteiger partial charge on any atom is 0.322 e. The molecule has 2 heterocycles. The fraction of sp³-hybridized carbons (Fsp3) is 0.318.